The first-order valence-electron chi connectivity index (χ1n) is 16.2. The highest BCUT2D eigenvalue weighted by molar-refractivity contribution is 6.03. The number of nitrogens with zero attached hydrogens (tertiary/aromatic N) is 5. The van der Waals surface area contributed by atoms with E-state index >= 15 is 4.39 Å². The number of fused-ring (bicyclic) bond motifs is 5. The standard InChI is InChI=1S/C36H35F3N6O3/c1-3-25-28(38)6-5-22-11-24(46)12-26(29(22)25)31-30(39)32-27(15-40-31)33(44-17-23-7-9-35(18-44,43-23)19-47-2)42-34(41-32)48-20-36-8-4-10-45(36)16-21(13-36)14-37/h1,5-6,11-12,14-15,23,43,46H,4,7-10,13,16-20H2,2H3/b21-14-/t23-,35+,36?/m1/s1. The number of phenolic OH excluding ortho intramolecular Hbond substituents is 1. The number of hydrogen-bond acceptors (Lipinski definition) is 9. The number of anilines is 1. The van der Waals surface area contributed by atoms with E-state index < -0.39 is 11.6 Å². The van der Waals surface area contributed by atoms with Crippen molar-refractivity contribution in [1.29, 1.82) is 0 Å². The van der Waals surface area contributed by atoms with Gasteiger partial charge in [-0.2, -0.15) is 9.97 Å². The molecule has 9 nitrogen and oxygen atoms in total. The lowest BCUT2D eigenvalue weighted by atomic mass is 9.94. The highest BCUT2D eigenvalue weighted by atomic mass is 19.1. The van der Waals surface area contributed by atoms with Gasteiger partial charge >= 0.3 is 6.01 Å². The van der Waals surface area contributed by atoms with Crippen LogP contribution in [0.4, 0.5) is 19.0 Å². The minimum absolute atomic E-state index is 0.00440. The fourth-order valence-corrected chi connectivity index (χ4v) is 8.50. The maximum Gasteiger partial charge on any atom is 0.319 e. The SMILES string of the molecule is C#Cc1c(F)ccc2cc(O)cc(-c3ncc4c(N5C[C@H]6CC[C@@](COC)(C5)N6)nc(OCC56CCCN5C/C(=C\F)C6)nc4c3F)c12. The molecule has 248 valence electrons. The summed E-state index contributed by atoms with van der Waals surface area (Å²) in [5, 5.41) is 15.4. The van der Waals surface area contributed by atoms with Gasteiger partial charge in [0.1, 0.15) is 35.2 Å². The molecule has 48 heavy (non-hydrogen) atoms. The molecule has 4 saturated heterocycles. The van der Waals surface area contributed by atoms with Gasteiger partial charge in [-0.05, 0) is 67.8 Å². The molecule has 4 fully saturated rings. The zero-order valence-electron chi connectivity index (χ0n) is 26.5. The van der Waals surface area contributed by atoms with Crippen molar-refractivity contribution in [3.63, 3.8) is 0 Å². The molecule has 4 aliphatic rings. The average Bonchev–Trinajstić information content (AvgIpc) is 3.73. The number of phenols is 1. The molecule has 0 aliphatic carbocycles. The summed E-state index contributed by atoms with van der Waals surface area (Å²) in [4.78, 5) is 18.3. The van der Waals surface area contributed by atoms with Crippen molar-refractivity contribution in [2.24, 2.45) is 0 Å². The molecule has 2 aromatic carbocycles. The van der Waals surface area contributed by atoms with Crippen molar-refractivity contribution in [3.8, 4) is 35.4 Å². The van der Waals surface area contributed by atoms with Crippen molar-refractivity contribution >= 4 is 27.5 Å². The molecule has 12 heteroatoms. The molecule has 2 aromatic heterocycles. The Balaban J connectivity index is 1.27. The van der Waals surface area contributed by atoms with Crippen LogP contribution < -0.4 is 15.0 Å². The van der Waals surface area contributed by atoms with Crippen molar-refractivity contribution in [1.82, 2.24) is 25.2 Å². The Morgan fingerprint density at radius 1 is 1.21 bits per heavy atom. The van der Waals surface area contributed by atoms with Crippen molar-refractivity contribution in [3.05, 3.63) is 59.6 Å². The maximum absolute atomic E-state index is 16.9. The van der Waals surface area contributed by atoms with Crippen LogP contribution in [-0.4, -0.2) is 88.6 Å². The minimum Gasteiger partial charge on any atom is -0.508 e. The number of hydrogen-bond donors (Lipinski definition) is 2. The Hall–Kier alpha value is -4.44. The summed E-state index contributed by atoms with van der Waals surface area (Å²) in [5.74, 6) is 1.28. The summed E-state index contributed by atoms with van der Waals surface area (Å²) in [6.45, 7) is 3.31. The lowest BCUT2D eigenvalue weighted by molar-refractivity contribution is 0.107. The number of rotatable bonds is 7. The molecule has 4 aromatic rings. The molecule has 0 amide bonds. The summed E-state index contributed by atoms with van der Waals surface area (Å²) in [7, 11) is 1.68. The van der Waals surface area contributed by atoms with Crippen molar-refractivity contribution in [2.45, 2.75) is 49.2 Å². The molecule has 8 rings (SSSR count). The smallest absolute Gasteiger partial charge is 0.319 e. The first-order valence-corrected chi connectivity index (χ1v) is 16.2. The van der Waals surface area contributed by atoms with Gasteiger partial charge in [0.15, 0.2) is 5.82 Å². The van der Waals surface area contributed by atoms with Gasteiger partial charge in [0, 0.05) is 49.9 Å². The van der Waals surface area contributed by atoms with Crippen LogP contribution in [0.15, 0.2) is 42.4 Å². The van der Waals surface area contributed by atoms with E-state index in [4.69, 9.17) is 20.9 Å². The number of aromatic nitrogens is 3. The van der Waals surface area contributed by atoms with E-state index in [-0.39, 0.29) is 63.2 Å². The molecule has 0 saturated carbocycles. The third-order valence-electron chi connectivity index (χ3n) is 10.5. The van der Waals surface area contributed by atoms with E-state index in [0.29, 0.717) is 55.6 Å². The van der Waals surface area contributed by atoms with Gasteiger partial charge in [-0.1, -0.05) is 12.0 Å². The second-order valence-corrected chi connectivity index (χ2v) is 13.6. The van der Waals surface area contributed by atoms with Crippen LogP contribution in [-0.2, 0) is 4.74 Å². The zero-order valence-corrected chi connectivity index (χ0v) is 26.5. The highest BCUT2D eigenvalue weighted by Gasteiger charge is 2.48. The highest BCUT2D eigenvalue weighted by Crippen LogP contribution is 2.43. The van der Waals surface area contributed by atoms with E-state index in [1.54, 1.807) is 7.11 Å². The molecule has 0 spiro atoms. The molecular weight excluding hydrogens is 621 g/mol. The number of aromatic hydroxyl groups is 1. The average molecular weight is 657 g/mol. The second-order valence-electron chi connectivity index (χ2n) is 13.6. The van der Waals surface area contributed by atoms with Gasteiger partial charge in [0.25, 0.3) is 0 Å². The summed E-state index contributed by atoms with van der Waals surface area (Å²) < 4.78 is 57.3. The van der Waals surface area contributed by atoms with Crippen molar-refractivity contribution in [2.75, 3.05) is 51.4 Å². The first-order chi connectivity index (χ1) is 23.2. The minimum atomic E-state index is -0.783. The number of ether oxygens (including phenoxy) is 2. The molecule has 1 unspecified atom stereocenters. The molecule has 4 aliphatic heterocycles. The number of halogens is 3. The number of benzene rings is 2. The lowest BCUT2D eigenvalue weighted by Gasteiger charge is -2.41. The van der Waals surface area contributed by atoms with Crippen LogP contribution in [0, 0.1) is 24.0 Å². The maximum atomic E-state index is 16.9. The summed E-state index contributed by atoms with van der Waals surface area (Å²) >= 11 is 0. The number of piperazine rings is 1. The third kappa shape index (κ3) is 4.95. The monoisotopic (exact) mass is 656 g/mol. The van der Waals surface area contributed by atoms with E-state index in [0.717, 1.165) is 37.8 Å². The van der Waals surface area contributed by atoms with Crippen LogP contribution in [0.2, 0.25) is 0 Å². The van der Waals surface area contributed by atoms with E-state index in [1.807, 2.05) is 0 Å². The van der Waals surface area contributed by atoms with Gasteiger partial charge in [-0.15, -0.1) is 6.42 Å². The zero-order chi connectivity index (χ0) is 33.2. The van der Waals surface area contributed by atoms with Crippen LogP contribution in [0.25, 0.3) is 32.9 Å². The third-order valence-corrected chi connectivity index (χ3v) is 10.5. The number of pyridine rings is 1. The largest absolute Gasteiger partial charge is 0.508 e. The van der Waals surface area contributed by atoms with Crippen LogP contribution in [0.1, 0.15) is 37.7 Å². The lowest BCUT2D eigenvalue weighted by Crippen LogP contribution is -2.61. The predicted octanol–water partition coefficient (Wildman–Crippen LogP) is 5.24. The Bertz CT molecular complexity index is 2030. The number of methoxy groups -OCH3 is 1. The second kappa shape index (κ2) is 11.6. The molecular formula is C36H35F3N6O3. The van der Waals surface area contributed by atoms with Crippen molar-refractivity contribution < 1.29 is 27.8 Å². The molecule has 6 heterocycles. The Morgan fingerprint density at radius 2 is 2.08 bits per heavy atom. The van der Waals surface area contributed by atoms with E-state index in [9.17, 15) is 13.9 Å². The quantitative estimate of drug-likeness (QED) is 0.259. The molecule has 3 atom stereocenters. The Kier molecular flexibility index (Phi) is 7.47. The summed E-state index contributed by atoms with van der Waals surface area (Å²) in [6, 6.07) is 5.64. The Morgan fingerprint density at radius 3 is 2.90 bits per heavy atom. The van der Waals surface area contributed by atoms with Crippen LogP contribution >= 0.6 is 0 Å². The van der Waals surface area contributed by atoms with Crippen LogP contribution in [0.5, 0.6) is 11.8 Å². The fraction of sp³-hybridized carbons (Fsp3) is 0.417. The molecule has 0 radical (unpaired) electrons. The predicted molar refractivity (Wildman–Crippen MR) is 176 cm³/mol. The van der Waals surface area contributed by atoms with Gasteiger partial charge in [-0.25, -0.2) is 13.2 Å². The first kappa shape index (κ1) is 30.9. The van der Waals surface area contributed by atoms with Gasteiger partial charge < -0.3 is 24.8 Å². The number of nitrogens with one attached hydrogen (secondary N) is 1. The topological polar surface area (TPSA) is 95.9 Å². The van der Waals surface area contributed by atoms with E-state index in [2.05, 4.69) is 31.0 Å². The van der Waals surface area contributed by atoms with E-state index in [1.165, 1.54) is 30.5 Å². The molecule has 2 bridgehead atoms. The van der Waals surface area contributed by atoms with Gasteiger partial charge in [0.05, 0.1) is 35.0 Å². The Labute approximate surface area is 275 Å². The summed E-state index contributed by atoms with van der Waals surface area (Å²) in [6.07, 6.45) is 12.1. The van der Waals surface area contributed by atoms with Gasteiger partial charge in [0.2, 0.25) is 0 Å². The number of terminal acetylenes is 1. The summed E-state index contributed by atoms with van der Waals surface area (Å²) in [5.41, 5.74) is -0.0537. The fourth-order valence-electron chi connectivity index (χ4n) is 8.50. The molecule has 2 N–H and O–H groups in total. The van der Waals surface area contributed by atoms with Gasteiger partial charge in [-0.3, -0.25) is 9.88 Å². The van der Waals surface area contributed by atoms with Crippen LogP contribution in [0.3, 0.4) is 0 Å². The normalized spacial score (nSPS) is 26.1.